The molecule has 0 unspecified atom stereocenters. The van der Waals surface area contributed by atoms with Gasteiger partial charge in [-0.2, -0.15) is 0 Å². The predicted molar refractivity (Wildman–Crippen MR) is 75.8 cm³/mol. The Kier molecular flexibility index (Phi) is 3.09. The summed E-state index contributed by atoms with van der Waals surface area (Å²) in [6.07, 6.45) is 1.73. The fraction of sp³-hybridized carbons (Fsp3) is 0. The quantitative estimate of drug-likeness (QED) is 0.685. The van der Waals surface area contributed by atoms with Crippen molar-refractivity contribution in [2.24, 2.45) is 0 Å². The van der Waals surface area contributed by atoms with Crippen LogP contribution in [-0.4, -0.2) is 9.97 Å². The molecule has 0 atom stereocenters. The fourth-order valence-electron chi connectivity index (χ4n) is 1.67. The van der Waals surface area contributed by atoms with Gasteiger partial charge in [-0.05, 0) is 12.1 Å². The highest BCUT2D eigenvalue weighted by atomic mass is 35.5. The summed E-state index contributed by atoms with van der Waals surface area (Å²) in [6.45, 7) is 0. The lowest BCUT2D eigenvalue weighted by atomic mass is 10.2. The van der Waals surface area contributed by atoms with E-state index < -0.39 is 0 Å². The first-order valence-corrected chi connectivity index (χ1v) is 6.72. The van der Waals surface area contributed by atoms with E-state index in [1.807, 2.05) is 47.8 Å². The Morgan fingerprint density at radius 2 is 1.83 bits per heavy atom. The molecule has 0 aliphatic carbocycles. The Labute approximate surface area is 114 Å². The third kappa shape index (κ3) is 2.15. The van der Waals surface area contributed by atoms with E-state index in [0.29, 0.717) is 5.02 Å². The van der Waals surface area contributed by atoms with Gasteiger partial charge in [0.05, 0.1) is 10.7 Å². The van der Waals surface area contributed by atoms with Crippen LogP contribution in [0.2, 0.25) is 5.02 Å². The second-order valence-electron chi connectivity index (χ2n) is 3.74. The molecule has 0 spiro atoms. The molecule has 0 aliphatic rings. The van der Waals surface area contributed by atoms with Crippen LogP contribution in [0.1, 0.15) is 0 Å². The van der Waals surface area contributed by atoms with Gasteiger partial charge in [0.2, 0.25) is 0 Å². The van der Waals surface area contributed by atoms with Gasteiger partial charge in [0, 0.05) is 17.1 Å². The average Bonchev–Trinajstić information content (AvgIpc) is 2.90. The van der Waals surface area contributed by atoms with Crippen molar-refractivity contribution in [1.82, 2.24) is 9.97 Å². The molecule has 0 saturated carbocycles. The minimum atomic E-state index is 0.631. The van der Waals surface area contributed by atoms with Crippen molar-refractivity contribution in [3.63, 3.8) is 0 Å². The van der Waals surface area contributed by atoms with E-state index in [9.17, 15) is 0 Å². The smallest absolute Gasteiger partial charge is 0.144 e. The number of hydrogen-bond acceptors (Lipinski definition) is 3. The number of rotatable bonds is 2. The van der Waals surface area contributed by atoms with E-state index in [4.69, 9.17) is 11.6 Å². The molecule has 0 aliphatic heterocycles. The third-order valence-corrected chi connectivity index (χ3v) is 3.69. The van der Waals surface area contributed by atoms with Crippen molar-refractivity contribution < 1.29 is 0 Å². The van der Waals surface area contributed by atoms with Crippen molar-refractivity contribution in [3.05, 3.63) is 59.1 Å². The number of nitrogens with zero attached hydrogens (tertiary/aromatic N) is 2. The molecule has 2 aromatic heterocycles. The highest BCUT2D eigenvalue weighted by Gasteiger charge is 2.10. The van der Waals surface area contributed by atoms with Gasteiger partial charge in [-0.1, -0.05) is 41.9 Å². The number of pyridine rings is 1. The number of halogens is 1. The molecule has 1 aromatic carbocycles. The standard InChI is InChI=1S/C14H9ClN2S/c15-11-7-4-8-16-13(11)14-17-12(9-18-14)10-5-2-1-3-6-10/h1-9H. The van der Waals surface area contributed by atoms with Gasteiger partial charge in [0.1, 0.15) is 10.7 Å². The zero-order valence-electron chi connectivity index (χ0n) is 9.38. The Morgan fingerprint density at radius 3 is 2.61 bits per heavy atom. The molecule has 2 heterocycles. The number of aromatic nitrogens is 2. The summed E-state index contributed by atoms with van der Waals surface area (Å²) in [6, 6.07) is 13.7. The van der Waals surface area contributed by atoms with Crippen molar-refractivity contribution in [3.8, 4) is 22.0 Å². The summed E-state index contributed by atoms with van der Waals surface area (Å²) in [5.74, 6) is 0. The number of hydrogen-bond donors (Lipinski definition) is 0. The highest BCUT2D eigenvalue weighted by Crippen LogP contribution is 2.31. The SMILES string of the molecule is Clc1cccnc1-c1nc(-c2ccccc2)cs1. The summed E-state index contributed by atoms with van der Waals surface area (Å²) >= 11 is 7.67. The molecule has 3 aromatic rings. The molecule has 18 heavy (non-hydrogen) atoms. The summed E-state index contributed by atoms with van der Waals surface area (Å²) < 4.78 is 0. The maximum Gasteiger partial charge on any atom is 0.144 e. The van der Waals surface area contributed by atoms with Crippen LogP contribution in [-0.2, 0) is 0 Å². The van der Waals surface area contributed by atoms with Crippen molar-refractivity contribution in [2.75, 3.05) is 0 Å². The minimum Gasteiger partial charge on any atom is -0.252 e. The van der Waals surface area contributed by atoms with Crippen LogP contribution < -0.4 is 0 Å². The van der Waals surface area contributed by atoms with Crippen molar-refractivity contribution in [2.45, 2.75) is 0 Å². The Hall–Kier alpha value is -1.71. The maximum atomic E-state index is 6.12. The van der Waals surface area contributed by atoms with Gasteiger partial charge >= 0.3 is 0 Å². The molecule has 0 N–H and O–H groups in total. The number of thiazole rings is 1. The van der Waals surface area contributed by atoms with Crippen LogP contribution in [0.5, 0.6) is 0 Å². The van der Waals surface area contributed by atoms with Gasteiger partial charge < -0.3 is 0 Å². The first-order chi connectivity index (χ1) is 8.84. The normalized spacial score (nSPS) is 10.5. The van der Waals surface area contributed by atoms with Gasteiger partial charge in [0.25, 0.3) is 0 Å². The van der Waals surface area contributed by atoms with Crippen LogP contribution in [0.3, 0.4) is 0 Å². The zero-order chi connectivity index (χ0) is 12.4. The van der Waals surface area contributed by atoms with E-state index in [1.54, 1.807) is 17.5 Å². The molecular weight excluding hydrogens is 264 g/mol. The van der Waals surface area contributed by atoms with Crippen molar-refractivity contribution in [1.29, 1.82) is 0 Å². The monoisotopic (exact) mass is 272 g/mol. The number of benzene rings is 1. The third-order valence-electron chi connectivity index (χ3n) is 2.53. The second-order valence-corrected chi connectivity index (χ2v) is 5.00. The molecule has 3 rings (SSSR count). The summed E-state index contributed by atoms with van der Waals surface area (Å²) in [5, 5.41) is 3.50. The van der Waals surface area contributed by atoms with E-state index in [0.717, 1.165) is 22.0 Å². The molecule has 0 radical (unpaired) electrons. The maximum absolute atomic E-state index is 6.12. The topological polar surface area (TPSA) is 25.8 Å². The van der Waals surface area contributed by atoms with Gasteiger partial charge in [-0.15, -0.1) is 11.3 Å². The summed E-state index contributed by atoms with van der Waals surface area (Å²) in [7, 11) is 0. The van der Waals surface area contributed by atoms with Crippen molar-refractivity contribution >= 4 is 22.9 Å². The van der Waals surface area contributed by atoms with Crippen LogP contribution in [0.15, 0.2) is 54.0 Å². The molecule has 88 valence electrons. The first kappa shape index (κ1) is 11.4. The van der Waals surface area contributed by atoms with Gasteiger partial charge in [-0.25, -0.2) is 4.98 Å². The van der Waals surface area contributed by atoms with Crippen LogP contribution in [0.25, 0.3) is 22.0 Å². The fourth-order valence-corrected chi connectivity index (χ4v) is 2.77. The molecule has 0 bridgehead atoms. The largest absolute Gasteiger partial charge is 0.252 e. The molecular formula is C14H9ClN2S. The zero-order valence-corrected chi connectivity index (χ0v) is 10.9. The van der Waals surface area contributed by atoms with Crippen LogP contribution in [0.4, 0.5) is 0 Å². The Morgan fingerprint density at radius 1 is 1.00 bits per heavy atom. The van der Waals surface area contributed by atoms with E-state index in [-0.39, 0.29) is 0 Å². The lowest BCUT2D eigenvalue weighted by molar-refractivity contribution is 1.29. The average molecular weight is 273 g/mol. The van der Waals surface area contributed by atoms with Gasteiger partial charge in [-0.3, -0.25) is 4.98 Å². The minimum absolute atomic E-state index is 0.631. The Balaban J connectivity index is 2.03. The second kappa shape index (κ2) is 4.88. The molecule has 0 fully saturated rings. The lowest BCUT2D eigenvalue weighted by Gasteiger charge is -1.97. The van der Waals surface area contributed by atoms with Crippen LogP contribution >= 0.6 is 22.9 Å². The molecule has 0 amide bonds. The highest BCUT2D eigenvalue weighted by molar-refractivity contribution is 7.13. The van der Waals surface area contributed by atoms with E-state index >= 15 is 0 Å². The summed E-state index contributed by atoms with van der Waals surface area (Å²) in [5.41, 5.74) is 2.80. The predicted octanol–water partition coefficient (Wildman–Crippen LogP) is 4.53. The summed E-state index contributed by atoms with van der Waals surface area (Å²) in [4.78, 5) is 8.85. The molecule has 4 heteroatoms. The molecule has 0 saturated heterocycles. The van der Waals surface area contributed by atoms with Gasteiger partial charge in [0.15, 0.2) is 0 Å². The molecule has 2 nitrogen and oxygen atoms in total. The van der Waals surface area contributed by atoms with E-state index in [2.05, 4.69) is 9.97 Å². The Bertz CT molecular complexity index is 664. The van der Waals surface area contributed by atoms with Crippen LogP contribution in [0, 0.1) is 0 Å². The van der Waals surface area contributed by atoms with E-state index in [1.165, 1.54) is 0 Å². The first-order valence-electron chi connectivity index (χ1n) is 5.46. The lowest BCUT2D eigenvalue weighted by Crippen LogP contribution is -1.83.